The molecule has 1 aromatic carbocycles. The van der Waals surface area contributed by atoms with Gasteiger partial charge in [0, 0.05) is 29.1 Å². The molecular formula is C28H42N6O2. The molecule has 4 rings (SSSR count). The molecule has 0 radical (unpaired) electrons. The minimum Gasteiger partial charge on any atom is -0.494 e. The molecule has 1 aliphatic carbocycles. The maximum absolute atomic E-state index is 13.3. The molecule has 0 unspecified atom stereocenters. The third kappa shape index (κ3) is 5.48. The SMILES string of the molecule is CCOc1ccc2[nH]c(=O)c(CN(C3CCCCC3)[C@@H](c3nnnn3C(C)(C)CC)C(C)C)cc2c1. The third-order valence-electron chi connectivity index (χ3n) is 7.79. The van der Waals surface area contributed by atoms with Gasteiger partial charge in [0.15, 0.2) is 5.82 Å². The Hall–Kier alpha value is -2.74. The van der Waals surface area contributed by atoms with Crippen LogP contribution in [-0.4, -0.2) is 42.7 Å². The van der Waals surface area contributed by atoms with Crippen LogP contribution in [0.2, 0.25) is 0 Å². The van der Waals surface area contributed by atoms with Gasteiger partial charge in [-0.25, -0.2) is 4.68 Å². The summed E-state index contributed by atoms with van der Waals surface area (Å²) in [6, 6.07) is 8.24. The van der Waals surface area contributed by atoms with Gasteiger partial charge in [-0.2, -0.15) is 0 Å². The standard InChI is InChI=1S/C28H42N6O2/c1-7-28(5,6)34-26(30-31-32-34)25(19(3)4)33(22-12-10-9-11-13-22)18-21-16-20-17-23(36-8-2)14-15-24(20)29-27(21)35/h14-17,19,22,25H,7-13,18H2,1-6H3,(H,29,35)/t25-/m1/s1. The van der Waals surface area contributed by atoms with Gasteiger partial charge in [0.05, 0.1) is 18.2 Å². The number of fused-ring (bicyclic) bond motifs is 1. The normalized spacial score (nSPS) is 16.2. The van der Waals surface area contributed by atoms with E-state index in [2.05, 4.69) is 60.0 Å². The first-order valence-electron chi connectivity index (χ1n) is 13.6. The molecule has 8 heteroatoms. The topological polar surface area (TPSA) is 88.9 Å². The highest BCUT2D eigenvalue weighted by atomic mass is 16.5. The molecule has 1 atom stereocenters. The van der Waals surface area contributed by atoms with Crippen molar-refractivity contribution in [1.29, 1.82) is 0 Å². The van der Waals surface area contributed by atoms with Gasteiger partial charge in [0.1, 0.15) is 5.75 Å². The van der Waals surface area contributed by atoms with E-state index in [1.54, 1.807) is 0 Å². The summed E-state index contributed by atoms with van der Waals surface area (Å²) in [6.45, 7) is 14.1. The number of nitrogens with one attached hydrogen (secondary N) is 1. The number of benzene rings is 1. The molecule has 0 spiro atoms. The van der Waals surface area contributed by atoms with Gasteiger partial charge in [0.2, 0.25) is 0 Å². The zero-order valence-electron chi connectivity index (χ0n) is 22.8. The Morgan fingerprint density at radius 2 is 1.92 bits per heavy atom. The second-order valence-corrected chi connectivity index (χ2v) is 11.1. The molecule has 0 bridgehead atoms. The molecular weight excluding hydrogens is 452 g/mol. The zero-order valence-corrected chi connectivity index (χ0v) is 22.8. The number of H-pyrrole nitrogens is 1. The van der Waals surface area contributed by atoms with E-state index in [0.717, 1.165) is 47.3 Å². The van der Waals surface area contributed by atoms with Gasteiger partial charge in [-0.3, -0.25) is 9.69 Å². The Morgan fingerprint density at radius 1 is 1.17 bits per heavy atom. The summed E-state index contributed by atoms with van der Waals surface area (Å²) < 4.78 is 7.71. The molecule has 1 saturated carbocycles. The molecule has 196 valence electrons. The quantitative estimate of drug-likeness (QED) is 0.395. The van der Waals surface area contributed by atoms with Crippen LogP contribution in [0.4, 0.5) is 0 Å². The van der Waals surface area contributed by atoms with Crippen LogP contribution in [0, 0.1) is 5.92 Å². The van der Waals surface area contributed by atoms with Crippen LogP contribution in [0.25, 0.3) is 10.9 Å². The van der Waals surface area contributed by atoms with Crippen molar-refractivity contribution in [3.63, 3.8) is 0 Å². The van der Waals surface area contributed by atoms with E-state index in [9.17, 15) is 4.79 Å². The lowest BCUT2D eigenvalue weighted by Crippen LogP contribution is -2.44. The molecule has 0 aliphatic heterocycles. The minimum atomic E-state index is -0.194. The summed E-state index contributed by atoms with van der Waals surface area (Å²) in [5.74, 6) is 1.97. The van der Waals surface area contributed by atoms with Gasteiger partial charge < -0.3 is 9.72 Å². The van der Waals surface area contributed by atoms with Crippen LogP contribution in [0.15, 0.2) is 29.1 Å². The Kier molecular flexibility index (Phi) is 8.13. The lowest BCUT2D eigenvalue weighted by atomic mass is 9.89. The third-order valence-corrected chi connectivity index (χ3v) is 7.79. The number of ether oxygens (including phenoxy) is 1. The molecule has 8 nitrogen and oxygen atoms in total. The Morgan fingerprint density at radius 3 is 2.58 bits per heavy atom. The van der Waals surface area contributed by atoms with E-state index in [0.29, 0.717) is 19.2 Å². The highest BCUT2D eigenvalue weighted by molar-refractivity contribution is 5.80. The molecule has 2 aromatic heterocycles. The monoisotopic (exact) mass is 494 g/mol. The summed E-state index contributed by atoms with van der Waals surface area (Å²) in [5, 5.41) is 14.1. The van der Waals surface area contributed by atoms with Crippen LogP contribution in [0.3, 0.4) is 0 Å². The summed E-state index contributed by atoms with van der Waals surface area (Å²) in [4.78, 5) is 18.9. The first-order chi connectivity index (χ1) is 17.2. The van der Waals surface area contributed by atoms with Crippen molar-refractivity contribution in [2.45, 2.75) is 104 Å². The number of hydrogen-bond acceptors (Lipinski definition) is 6. The van der Waals surface area contributed by atoms with Crippen molar-refractivity contribution in [2.24, 2.45) is 5.92 Å². The molecule has 1 N–H and O–H groups in total. The predicted molar refractivity (Wildman–Crippen MR) is 143 cm³/mol. The zero-order chi connectivity index (χ0) is 25.9. The first-order valence-corrected chi connectivity index (χ1v) is 13.6. The first kappa shape index (κ1) is 26.3. The van der Waals surface area contributed by atoms with Crippen LogP contribution < -0.4 is 10.3 Å². The molecule has 1 aliphatic rings. The van der Waals surface area contributed by atoms with Crippen molar-refractivity contribution >= 4 is 10.9 Å². The maximum atomic E-state index is 13.3. The summed E-state index contributed by atoms with van der Waals surface area (Å²) in [7, 11) is 0. The second kappa shape index (κ2) is 11.1. The van der Waals surface area contributed by atoms with E-state index in [4.69, 9.17) is 4.74 Å². The van der Waals surface area contributed by atoms with Crippen molar-refractivity contribution in [2.75, 3.05) is 6.61 Å². The number of aromatic amines is 1. The molecule has 0 amide bonds. The van der Waals surface area contributed by atoms with E-state index in [1.165, 1.54) is 19.3 Å². The van der Waals surface area contributed by atoms with Crippen molar-refractivity contribution in [3.8, 4) is 5.75 Å². The number of rotatable bonds is 10. The lowest BCUT2D eigenvalue weighted by Gasteiger charge is -2.42. The van der Waals surface area contributed by atoms with E-state index < -0.39 is 0 Å². The van der Waals surface area contributed by atoms with Crippen LogP contribution in [0.5, 0.6) is 5.75 Å². The van der Waals surface area contributed by atoms with Crippen LogP contribution in [0.1, 0.15) is 97.5 Å². The Balaban J connectivity index is 1.78. The highest BCUT2D eigenvalue weighted by Gasteiger charge is 2.37. The van der Waals surface area contributed by atoms with Gasteiger partial charge in [0.25, 0.3) is 5.56 Å². The summed E-state index contributed by atoms with van der Waals surface area (Å²) in [6.07, 6.45) is 6.87. The molecule has 3 aromatic rings. The summed E-state index contributed by atoms with van der Waals surface area (Å²) >= 11 is 0. The average molecular weight is 495 g/mol. The van der Waals surface area contributed by atoms with Gasteiger partial charge in [-0.1, -0.05) is 40.0 Å². The largest absolute Gasteiger partial charge is 0.494 e. The average Bonchev–Trinajstić information content (AvgIpc) is 3.35. The number of aromatic nitrogens is 5. The maximum Gasteiger partial charge on any atom is 0.252 e. The second-order valence-electron chi connectivity index (χ2n) is 11.1. The van der Waals surface area contributed by atoms with E-state index in [-0.39, 0.29) is 23.1 Å². The Labute approximate surface area is 214 Å². The van der Waals surface area contributed by atoms with E-state index >= 15 is 0 Å². The molecule has 36 heavy (non-hydrogen) atoms. The highest BCUT2D eigenvalue weighted by Crippen LogP contribution is 2.37. The molecule has 1 fully saturated rings. The molecule has 0 saturated heterocycles. The fraction of sp³-hybridized carbons (Fsp3) is 0.643. The fourth-order valence-electron chi connectivity index (χ4n) is 5.46. The van der Waals surface area contributed by atoms with Crippen molar-refractivity contribution in [3.05, 3.63) is 46.0 Å². The Bertz CT molecular complexity index is 1210. The van der Waals surface area contributed by atoms with Crippen molar-refractivity contribution in [1.82, 2.24) is 30.1 Å². The van der Waals surface area contributed by atoms with Gasteiger partial charge in [-0.15, -0.1) is 5.10 Å². The van der Waals surface area contributed by atoms with Gasteiger partial charge in [-0.05, 0) is 80.6 Å². The van der Waals surface area contributed by atoms with Crippen LogP contribution >= 0.6 is 0 Å². The van der Waals surface area contributed by atoms with Crippen LogP contribution in [-0.2, 0) is 12.1 Å². The smallest absolute Gasteiger partial charge is 0.252 e. The number of hydrogen-bond donors (Lipinski definition) is 1. The van der Waals surface area contributed by atoms with Crippen molar-refractivity contribution < 1.29 is 4.74 Å². The number of nitrogens with zero attached hydrogens (tertiary/aromatic N) is 5. The predicted octanol–water partition coefficient (Wildman–Crippen LogP) is 5.59. The summed E-state index contributed by atoms with van der Waals surface area (Å²) in [5.41, 5.74) is 1.36. The number of tetrazole rings is 1. The van der Waals surface area contributed by atoms with E-state index in [1.807, 2.05) is 35.9 Å². The molecule has 2 heterocycles. The fourth-order valence-corrected chi connectivity index (χ4v) is 5.46. The lowest BCUT2D eigenvalue weighted by molar-refractivity contribution is 0.0572. The van der Waals surface area contributed by atoms with Gasteiger partial charge >= 0.3 is 0 Å². The minimum absolute atomic E-state index is 0.00113. The number of pyridine rings is 1.